The highest BCUT2D eigenvalue weighted by molar-refractivity contribution is 8.14. The predicted octanol–water partition coefficient (Wildman–Crippen LogP) is 3.52. The molecule has 0 spiro atoms. The van der Waals surface area contributed by atoms with Crippen molar-refractivity contribution in [2.75, 3.05) is 18.2 Å². The standard InChI is InChI=1S/C18H17FN4O2S/c1-11(24)20-12-7-8-13(14(19)9-12)16-10-26-18(23-22-16)21-15-5-3-4-6-17(15)25-2/h3-9H,10H2,1-2H3,(H,20,24)(H,21,23). The van der Waals surface area contributed by atoms with Crippen molar-refractivity contribution in [2.24, 2.45) is 10.1 Å². The fourth-order valence-corrected chi connectivity index (χ4v) is 3.14. The summed E-state index contributed by atoms with van der Waals surface area (Å²) >= 11 is 1.42. The lowest BCUT2D eigenvalue weighted by atomic mass is 10.1. The number of nitrogens with zero attached hydrogens (tertiary/aromatic N) is 2. The highest BCUT2D eigenvalue weighted by atomic mass is 32.2. The number of carbonyl (C=O) groups excluding carboxylic acids is 1. The van der Waals surface area contributed by atoms with Crippen LogP contribution in [0, 0.1) is 5.82 Å². The lowest BCUT2D eigenvalue weighted by Gasteiger charge is -2.16. The van der Waals surface area contributed by atoms with E-state index in [1.165, 1.54) is 24.8 Å². The van der Waals surface area contributed by atoms with Gasteiger partial charge in [0, 0.05) is 23.9 Å². The molecule has 8 heteroatoms. The molecule has 134 valence electrons. The summed E-state index contributed by atoms with van der Waals surface area (Å²) in [5.41, 5.74) is 4.91. The summed E-state index contributed by atoms with van der Waals surface area (Å²) in [7, 11) is 1.59. The molecular formula is C18H17FN4O2S. The Labute approximate surface area is 154 Å². The van der Waals surface area contributed by atoms with E-state index in [4.69, 9.17) is 4.74 Å². The molecule has 0 bridgehead atoms. The van der Waals surface area contributed by atoms with E-state index in [9.17, 15) is 9.18 Å². The Kier molecular flexibility index (Phi) is 5.52. The summed E-state index contributed by atoms with van der Waals surface area (Å²) in [6.07, 6.45) is 0. The number of anilines is 1. The molecule has 0 fully saturated rings. The SMILES string of the molecule is COc1ccccc1N=C1NN=C(c2ccc(NC(C)=O)cc2F)CS1. The van der Waals surface area contributed by atoms with Crippen molar-refractivity contribution in [1.82, 2.24) is 5.43 Å². The number of aliphatic imine (C=N–C) groups is 1. The normalized spacial score (nSPS) is 15.2. The van der Waals surface area contributed by atoms with Crippen LogP contribution in [0.2, 0.25) is 0 Å². The van der Waals surface area contributed by atoms with Crippen LogP contribution in [0.5, 0.6) is 5.75 Å². The third kappa shape index (κ3) is 4.20. The van der Waals surface area contributed by atoms with Crippen LogP contribution >= 0.6 is 11.8 Å². The number of hydrogen-bond acceptors (Lipinski definition) is 5. The van der Waals surface area contributed by atoms with Gasteiger partial charge in [-0.15, -0.1) is 0 Å². The molecule has 0 aromatic heterocycles. The summed E-state index contributed by atoms with van der Waals surface area (Å²) in [5, 5.41) is 7.39. The molecule has 2 aromatic rings. The van der Waals surface area contributed by atoms with Gasteiger partial charge in [-0.2, -0.15) is 5.10 Å². The smallest absolute Gasteiger partial charge is 0.221 e. The van der Waals surface area contributed by atoms with Gasteiger partial charge in [-0.3, -0.25) is 10.2 Å². The van der Waals surface area contributed by atoms with E-state index in [2.05, 4.69) is 20.8 Å². The Morgan fingerprint density at radius 3 is 2.81 bits per heavy atom. The van der Waals surface area contributed by atoms with Gasteiger partial charge < -0.3 is 10.1 Å². The zero-order valence-electron chi connectivity index (χ0n) is 14.2. The predicted molar refractivity (Wildman–Crippen MR) is 103 cm³/mol. The number of amides is 1. The van der Waals surface area contributed by atoms with Gasteiger partial charge in [-0.25, -0.2) is 9.38 Å². The Morgan fingerprint density at radius 2 is 2.15 bits per heavy atom. The quantitative estimate of drug-likeness (QED) is 0.861. The Balaban J connectivity index is 1.77. The van der Waals surface area contributed by atoms with Crippen LogP contribution in [-0.2, 0) is 4.79 Å². The van der Waals surface area contributed by atoms with Gasteiger partial charge >= 0.3 is 0 Å². The molecule has 26 heavy (non-hydrogen) atoms. The molecule has 0 atom stereocenters. The zero-order valence-corrected chi connectivity index (χ0v) is 15.1. The number of benzene rings is 2. The van der Waals surface area contributed by atoms with Gasteiger partial charge in [0.25, 0.3) is 0 Å². The first kappa shape index (κ1) is 17.9. The van der Waals surface area contributed by atoms with E-state index in [0.717, 1.165) is 0 Å². The Morgan fingerprint density at radius 1 is 1.35 bits per heavy atom. The number of thioether (sulfide) groups is 1. The van der Waals surface area contributed by atoms with Crippen molar-refractivity contribution in [1.29, 1.82) is 0 Å². The molecule has 0 saturated carbocycles. The highest BCUT2D eigenvalue weighted by Gasteiger charge is 2.17. The van der Waals surface area contributed by atoms with Gasteiger partial charge in [0.05, 0.1) is 12.8 Å². The van der Waals surface area contributed by atoms with Gasteiger partial charge in [0.1, 0.15) is 17.3 Å². The number of rotatable bonds is 4. The molecule has 6 nitrogen and oxygen atoms in total. The van der Waals surface area contributed by atoms with Crippen LogP contribution in [0.1, 0.15) is 12.5 Å². The number of carbonyl (C=O) groups is 1. The molecule has 1 heterocycles. The van der Waals surface area contributed by atoms with Crippen LogP contribution in [0.15, 0.2) is 52.6 Å². The minimum Gasteiger partial charge on any atom is -0.494 e. The molecule has 2 aromatic carbocycles. The number of halogens is 1. The van der Waals surface area contributed by atoms with E-state index < -0.39 is 5.82 Å². The van der Waals surface area contributed by atoms with Gasteiger partial charge in [0.2, 0.25) is 5.91 Å². The number of methoxy groups -OCH3 is 1. The Bertz CT molecular complexity index is 899. The van der Waals surface area contributed by atoms with Gasteiger partial charge in [0.15, 0.2) is 5.17 Å². The van der Waals surface area contributed by atoms with Crippen molar-refractivity contribution < 1.29 is 13.9 Å². The van der Waals surface area contributed by atoms with E-state index in [1.807, 2.05) is 24.3 Å². The molecular weight excluding hydrogens is 355 g/mol. The third-order valence-corrected chi connectivity index (χ3v) is 4.41. The van der Waals surface area contributed by atoms with Crippen LogP contribution in [0.25, 0.3) is 0 Å². The molecule has 0 unspecified atom stereocenters. The number of amidine groups is 1. The van der Waals surface area contributed by atoms with Crippen LogP contribution in [0.4, 0.5) is 15.8 Å². The number of para-hydroxylation sites is 2. The summed E-state index contributed by atoms with van der Waals surface area (Å²) < 4.78 is 19.6. The minimum atomic E-state index is -0.442. The molecule has 1 amide bonds. The minimum absolute atomic E-state index is 0.249. The molecule has 1 aliphatic rings. The third-order valence-electron chi connectivity index (χ3n) is 3.54. The number of nitrogens with one attached hydrogen (secondary N) is 2. The van der Waals surface area contributed by atoms with Crippen molar-refractivity contribution in [2.45, 2.75) is 6.92 Å². The van der Waals surface area contributed by atoms with Crippen molar-refractivity contribution >= 4 is 39.9 Å². The lowest BCUT2D eigenvalue weighted by Crippen LogP contribution is -2.25. The topological polar surface area (TPSA) is 75.1 Å². The maximum atomic E-state index is 14.3. The molecule has 2 N–H and O–H groups in total. The lowest BCUT2D eigenvalue weighted by molar-refractivity contribution is -0.114. The van der Waals surface area contributed by atoms with Gasteiger partial charge in [-0.05, 0) is 30.3 Å². The largest absolute Gasteiger partial charge is 0.494 e. The second-order valence-corrected chi connectivity index (χ2v) is 6.39. The number of hydrogen-bond donors (Lipinski definition) is 2. The maximum absolute atomic E-state index is 14.3. The van der Waals surface area contributed by atoms with E-state index in [1.54, 1.807) is 19.2 Å². The van der Waals surface area contributed by atoms with Crippen LogP contribution in [-0.4, -0.2) is 29.6 Å². The first-order valence-corrected chi connectivity index (χ1v) is 8.80. The molecule has 0 aliphatic carbocycles. The van der Waals surface area contributed by atoms with Crippen molar-refractivity contribution in [3.63, 3.8) is 0 Å². The summed E-state index contributed by atoms with van der Waals surface area (Å²) in [5.74, 6) is 0.443. The first-order chi connectivity index (χ1) is 12.6. The second kappa shape index (κ2) is 8.01. The fourth-order valence-electron chi connectivity index (χ4n) is 2.37. The molecule has 1 aliphatic heterocycles. The van der Waals surface area contributed by atoms with E-state index in [-0.39, 0.29) is 5.91 Å². The second-order valence-electron chi connectivity index (χ2n) is 5.42. The van der Waals surface area contributed by atoms with Crippen LogP contribution in [0.3, 0.4) is 0 Å². The summed E-state index contributed by atoms with van der Waals surface area (Å²) in [6.45, 7) is 1.38. The van der Waals surface area contributed by atoms with Crippen molar-refractivity contribution in [3.05, 3.63) is 53.8 Å². The van der Waals surface area contributed by atoms with Crippen LogP contribution < -0.4 is 15.5 Å². The number of ether oxygens (including phenoxy) is 1. The average Bonchev–Trinajstić information content (AvgIpc) is 2.63. The fraction of sp³-hybridized carbons (Fsp3) is 0.167. The summed E-state index contributed by atoms with van der Waals surface area (Å²) in [6, 6.07) is 11.9. The van der Waals surface area contributed by atoms with Crippen molar-refractivity contribution in [3.8, 4) is 5.75 Å². The highest BCUT2D eigenvalue weighted by Crippen LogP contribution is 2.28. The van der Waals surface area contributed by atoms with Gasteiger partial charge in [-0.1, -0.05) is 23.9 Å². The number of hydrazone groups is 1. The Hall–Kier alpha value is -2.87. The van der Waals surface area contributed by atoms with E-state index in [0.29, 0.717) is 39.3 Å². The molecule has 0 saturated heterocycles. The first-order valence-electron chi connectivity index (χ1n) is 7.81. The molecule has 3 rings (SSSR count). The summed E-state index contributed by atoms with van der Waals surface area (Å²) in [4.78, 5) is 15.5. The average molecular weight is 372 g/mol. The van der Waals surface area contributed by atoms with E-state index >= 15 is 0 Å². The molecule has 0 radical (unpaired) electrons. The maximum Gasteiger partial charge on any atom is 0.221 e. The monoisotopic (exact) mass is 372 g/mol. The zero-order chi connectivity index (χ0) is 18.5.